The summed E-state index contributed by atoms with van der Waals surface area (Å²) in [6, 6.07) is 5.72. The Morgan fingerprint density at radius 1 is 0.783 bits per heavy atom. The molecule has 3 nitrogen and oxygen atoms in total. The maximum atomic E-state index is 11.9. The van der Waals surface area contributed by atoms with Crippen molar-refractivity contribution < 1.29 is 9.53 Å². The van der Waals surface area contributed by atoms with Crippen molar-refractivity contribution in [1.82, 2.24) is 0 Å². The van der Waals surface area contributed by atoms with Crippen LogP contribution in [0.15, 0.2) is 24.3 Å². The number of hydrogen-bond acceptors (Lipinski definition) is 2. The summed E-state index contributed by atoms with van der Waals surface area (Å²) < 4.78 is 5.31. The van der Waals surface area contributed by atoms with E-state index >= 15 is 0 Å². The maximum absolute atomic E-state index is 11.9. The van der Waals surface area contributed by atoms with Crippen LogP contribution in [0, 0.1) is 0 Å². The van der Waals surface area contributed by atoms with Crippen LogP contribution in [0.5, 0.6) is 5.75 Å². The number of amides is 1. The van der Waals surface area contributed by atoms with Crippen LogP contribution in [0.3, 0.4) is 0 Å². The fourth-order valence-electron chi connectivity index (χ4n) is 1.56. The van der Waals surface area contributed by atoms with Gasteiger partial charge in [0.05, 0.1) is 35.8 Å². The van der Waals surface area contributed by atoms with Crippen LogP contribution in [-0.4, -0.2) is 12.5 Å². The molecule has 0 unspecified atom stereocenters. The Hall–Kier alpha value is -0.550. The van der Waals surface area contributed by atoms with E-state index in [1.165, 1.54) is 24.3 Å². The monoisotopic (exact) mass is 431 g/mol. The lowest BCUT2D eigenvalue weighted by Gasteiger charge is -2.11. The Morgan fingerprint density at radius 3 is 1.96 bits per heavy atom. The SMILES string of the molecule is O=C(COc1cc(Cl)c(Cl)cc1Cl)Nc1cc(Cl)c(Cl)cc1Cl. The fraction of sp³-hybridized carbons (Fsp3) is 0.0714. The molecule has 2 aromatic rings. The summed E-state index contributed by atoms with van der Waals surface area (Å²) in [5, 5.41) is 4.14. The smallest absolute Gasteiger partial charge is 0.262 e. The number of halogens is 6. The van der Waals surface area contributed by atoms with Gasteiger partial charge < -0.3 is 10.1 Å². The quantitative estimate of drug-likeness (QED) is 0.550. The average Bonchev–Trinajstić information content (AvgIpc) is 2.47. The summed E-state index contributed by atoms with van der Waals surface area (Å²) in [5.74, 6) is -0.233. The number of ether oxygens (including phenoxy) is 1. The minimum atomic E-state index is -0.465. The molecule has 2 rings (SSSR count). The molecule has 0 saturated heterocycles. The molecule has 0 radical (unpaired) electrons. The minimum absolute atomic E-state index is 0.233. The topological polar surface area (TPSA) is 38.3 Å². The van der Waals surface area contributed by atoms with Gasteiger partial charge in [-0.1, -0.05) is 69.6 Å². The van der Waals surface area contributed by atoms with Crippen molar-refractivity contribution >= 4 is 81.2 Å². The standard InChI is InChI=1S/C14H7Cl6NO2/c15-6-1-10(19)12(3-8(6)17)21-14(22)5-23-13-4-9(18)7(16)2-11(13)20/h1-4H,5H2,(H,21,22). The predicted molar refractivity (Wildman–Crippen MR) is 97.1 cm³/mol. The first kappa shape index (κ1) is 18.8. The second-order valence-corrected chi connectivity index (χ2v) is 6.72. The van der Waals surface area contributed by atoms with E-state index in [0.717, 1.165) is 0 Å². The molecule has 9 heteroatoms. The van der Waals surface area contributed by atoms with Crippen molar-refractivity contribution in [1.29, 1.82) is 0 Å². The molecular formula is C14H7Cl6NO2. The number of rotatable bonds is 4. The Morgan fingerprint density at radius 2 is 1.30 bits per heavy atom. The first-order chi connectivity index (χ1) is 10.8. The average molecular weight is 434 g/mol. The first-order valence-electron chi connectivity index (χ1n) is 5.99. The molecule has 0 bridgehead atoms. The number of benzene rings is 2. The minimum Gasteiger partial charge on any atom is -0.482 e. The molecule has 1 N–H and O–H groups in total. The van der Waals surface area contributed by atoms with Crippen molar-refractivity contribution in [2.45, 2.75) is 0 Å². The molecule has 0 aliphatic heterocycles. The number of hydrogen-bond donors (Lipinski definition) is 1. The van der Waals surface area contributed by atoms with Gasteiger partial charge >= 0.3 is 0 Å². The van der Waals surface area contributed by atoms with Crippen LogP contribution >= 0.6 is 69.6 Å². The third kappa shape index (κ3) is 4.96. The summed E-state index contributed by atoms with van der Waals surface area (Å²) in [4.78, 5) is 11.9. The van der Waals surface area contributed by atoms with Gasteiger partial charge in [0, 0.05) is 6.07 Å². The van der Waals surface area contributed by atoms with E-state index in [1.807, 2.05) is 0 Å². The fourth-order valence-corrected chi connectivity index (χ4v) is 2.75. The molecule has 0 aromatic heterocycles. The Kier molecular flexibility index (Phi) is 6.55. The molecule has 0 saturated carbocycles. The zero-order valence-corrected chi connectivity index (χ0v) is 15.6. The van der Waals surface area contributed by atoms with Gasteiger partial charge in [0.15, 0.2) is 6.61 Å². The lowest BCUT2D eigenvalue weighted by molar-refractivity contribution is -0.118. The van der Waals surface area contributed by atoms with Gasteiger partial charge in [-0.15, -0.1) is 0 Å². The summed E-state index contributed by atoms with van der Waals surface area (Å²) in [6.45, 7) is -0.311. The van der Waals surface area contributed by atoms with Gasteiger partial charge in [-0.2, -0.15) is 0 Å². The van der Waals surface area contributed by atoms with E-state index < -0.39 is 5.91 Å². The van der Waals surface area contributed by atoms with Crippen molar-refractivity contribution in [3.05, 3.63) is 54.4 Å². The summed E-state index contributed by atoms with van der Waals surface area (Å²) in [6.07, 6.45) is 0. The number of carbonyl (C=O) groups excluding carboxylic acids is 1. The van der Waals surface area contributed by atoms with Crippen LogP contribution < -0.4 is 10.1 Å². The highest BCUT2D eigenvalue weighted by Gasteiger charge is 2.12. The normalized spacial score (nSPS) is 10.5. The van der Waals surface area contributed by atoms with E-state index in [4.69, 9.17) is 74.3 Å². The highest BCUT2D eigenvalue weighted by Crippen LogP contribution is 2.34. The highest BCUT2D eigenvalue weighted by atomic mass is 35.5. The van der Waals surface area contributed by atoms with Crippen LogP contribution in [0.1, 0.15) is 0 Å². The Bertz CT molecular complexity index is 765. The van der Waals surface area contributed by atoms with Gasteiger partial charge in [-0.05, 0) is 18.2 Å². The molecule has 23 heavy (non-hydrogen) atoms. The highest BCUT2D eigenvalue weighted by molar-refractivity contribution is 6.44. The molecule has 0 spiro atoms. The maximum Gasteiger partial charge on any atom is 0.262 e. The largest absolute Gasteiger partial charge is 0.482 e. The number of nitrogens with one attached hydrogen (secondary N) is 1. The van der Waals surface area contributed by atoms with Crippen molar-refractivity contribution in [3.8, 4) is 5.75 Å². The van der Waals surface area contributed by atoms with Crippen LogP contribution in [-0.2, 0) is 4.79 Å². The summed E-state index contributed by atoms with van der Waals surface area (Å²) in [7, 11) is 0. The molecular weight excluding hydrogens is 427 g/mol. The third-order valence-corrected chi connectivity index (χ3v) is 4.67. The second kappa shape index (κ2) is 8.02. The van der Waals surface area contributed by atoms with E-state index in [0.29, 0.717) is 5.69 Å². The van der Waals surface area contributed by atoms with Gasteiger partial charge in [0.2, 0.25) is 0 Å². The Balaban J connectivity index is 2.04. The van der Waals surface area contributed by atoms with Gasteiger partial charge in [0.25, 0.3) is 5.91 Å². The molecule has 122 valence electrons. The molecule has 0 aliphatic rings. The second-order valence-electron chi connectivity index (χ2n) is 4.28. The van der Waals surface area contributed by atoms with Crippen LogP contribution in [0.2, 0.25) is 30.1 Å². The van der Waals surface area contributed by atoms with Crippen LogP contribution in [0.25, 0.3) is 0 Å². The van der Waals surface area contributed by atoms with E-state index in [9.17, 15) is 4.79 Å². The van der Waals surface area contributed by atoms with Gasteiger partial charge in [0.1, 0.15) is 5.75 Å². The van der Waals surface area contributed by atoms with E-state index in [2.05, 4.69) is 5.32 Å². The lowest BCUT2D eigenvalue weighted by Crippen LogP contribution is -2.20. The lowest BCUT2D eigenvalue weighted by atomic mass is 10.3. The number of anilines is 1. The summed E-state index contributed by atoms with van der Waals surface area (Å²) in [5.41, 5.74) is 0.315. The van der Waals surface area contributed by atoms with Crippen molar-refractivity contribution in [3.63, 3.8) is 0 Å². The Labute approximate surface area is 162 Å². The van der Waals surface area contributed by atoms with Crippen molar-refractivity contribution in [2.75, 3.05) is 11.9 Å². The van der Waals surface area contributed by atoms with Crippen LogP contribution in [0.4, 0.5) is 5.69 Å². The first-order valence-corrected chi connectivity index (χ1v) is 8.26. The predicted octanol–water partition coefficient (Wildman–Crippen LogP) is 6.62. The molecule has 2 aromatic carbocycles. The third-order valence-electron chi connectivity index (χ3n) is 2.62. The van der Waals surface area contributed by atoms with Crippen molar-refractivity contribution in [2.24, 2.45) is 0 Å². The van der Waals surface area contributed by atoms with Gasteiger partial charge in [-0.25, -0.2) is 0 Å². The van der Waals surface area contributed by atoms with E-state index in [1.54, 1.807) is 0 Å². The molecule has 1 amide bonds. The molecule has 0 aliphatic carbocycles. The molecule has 0 atom stereocenters. The van der Waals surface area contributed by atoms with E-state index in [-0.39, 0.29) is 42.5 Å². The zero-order chi connectivity index (χ0) is 17.1. The molecule has 0 fully saturated rings. The zero-order valence-electron chi connectivity index (χ0n) is 11.1. The van der Waals surface area contributed by atoms with Gasteiger partial charge in [-0.3, -0.25) is 4.79 Å². The number of carbonyl (C=O) groups is 1. The summed E-state index contributed by atoms with van der Waals surface area (Å²) >= 11 is 35.3. The molecule has 0 heterocycles.